The zero-order valence-electron chi connectivity index (χ0n) is 8.61. The van der Waals surface area contributed by atoms with Crippen LogP contribution >= 0.6 is 27.7 Å². The van der Waals surface area contributed by atoms with Crippen LogP contribution in [-0.4, -0.2) is 27.5 Å². The third kappa shape index (κ3) is 2.84. The Morgan fingerprint density at radius 1 is 1.47 bits per heavy atom. The molecule has 2 rings (SSSR count). The molecule has 3 nitrogen and oxygen atoms in total. The highest BCUT2D eigenvalue weighted by molar-refractivity contribution is 9.10. The minimum absolute atomic E-state index is 0.557. The molecule has 5 heteroatoms. The van der Waals surface area contributed by atoms with Gasteiger partial charge in [0.05, 0.1) is 0 Å². The summed E-state index contributed by atoms with van der Waals surface area (Å²) in [7, 11) is 0. The van der Waals surface area contributed by atoms with E-state index < -0.39 is 0 Å². The lowest BCUT2D eigenvalue weighted by molar-refractivity contribution is 0.762. The van der Waals surface area contributed by atoms with Gasteiger partial charge in [0, 0.05) is 17.4 Å². The van der Waals surface area contributed by atoms with Crippen molar-refractivity contribution in [2.45, 2.75) is 30.6 Å². The average Bonchev–Trinajstić information content (AvgIpc) is 2.65. The van der Waals surface area contributed by atoms with Crippen molar-refractivity contribution in [3.05, 3.63) is 17.0 Å². The van der Waals surface area contributed by atoms with Gasteiger partial charge in [-0.2, -0.15) is 11.8 Å². The number of thioether (sulfide) groups is 1. The Balaban J connectivity index is 2.02. The summed E-state index contributed by atoms with van der Waals surface area (Å²) < 4.78 is 0.832. The molecule has 0 amide bonds. The van der Waals surface area contributed by atoms with Crippen LogP contribution in [0.15, 0.2) is 17.0 Å². The van der Waals surface area contributed by atoms with Crippen LogP contribution in [-0.2, 0) is 0 Å². The fourth-order valence-corrected chi connectivity index (χ4v) is 3.22. The van der Waals surface area contributed by atoms with E-state index in [0.29, 0.717) is 6.04 Å². The minimum atomic E-state index is 0.557. The zero-order valence-corrected chi connectivity index (χ0v) is 11.0. The van der Waals surface area contributed by atoms with Crippen LogP contribution in [0.3, 0.4) is 0 Å². The summed E-state index contributed by atoms with van der Waals surface area (Å²) in [5.41, 5.74) is 0. The van der Waals surface area contributed by atoms with E-state index >= 15 is 0 Å². The fourth-order valence-electron chi connectivity index (χ4n) is 1.98. The van der Waals surface area contributed by atoms with Crippen LogP contribution in [0, 0.1) is 0 Å². The molecule has 1 aromatic rings. The highest BCUT2D eigenvalue weighted by Gasteiger charge is 2.26. The molecule has 1 heterocycles. The molecule has 2 atom stereocenters. The van der Waals surface area contributed by atoms with E-state index in [-0.39, 0.29) is 0 Å². The second-order valence-corrected chi connectivity index (χ2v) is 5.57. The summed E-state index contributed by atoms with van der Waals surface area (Å²) in [6.07, 6.45) is 7.63. The number of hydrogen-bond donors (Lipinski definition) is 1. The summed E-state index contributed by atoms with van der Waals surface area (Å²) in [6.45, 7) is 0. The van der Waals surface area contributed by atoms with Gasteiger partial charge in [-0.25, -0.2) is 9.97 Å². The molecule has 1 aromatic heterocycles. The zero-order chi connectivity index (χ0) is 10.7. The number of hydrogen-bond acceptors (Lipinski definition) is 4. The number of halogens is 1. The fraction of sp³-hybridized carbons (Fsp3) is 0.600. The highest BCUT2D eigenvalue weighted by Crippen LogP contribution is 2.30. The summed E-state index contributed by atoms with van der Waals surface area (Å²) in [5, 5.41) is 4.20. The third-order valence-electron chi connectivity index (χ3n) is 2.72. The first-order valence-electron chi connectivity index (χ1n) is 5.06. The molecule has 1 fully saturated rings. The van der Waals surface area contributed by atoms with Gasteiger partial charge in [-0.3, -0.25) is 0 Å². The molecule has 0 aliphatic heterocycles. The molecule has 2 unspecified atom stereocenters. The van der Waals surface area contributed by atoms with Gasteiger partial charge in [0.25, 0.3) is 0 Å². The maximum absolute atomic E-state index is 4.21. The first kappa shape index (κ1) is 11.2. The molecule has 1 aliphatic rings. The Bertz CT molecular complexity index is 334. The monoisotopic (exact) mass is 287 g/mol. The molecular weight excluding hydrogens is 274 g/mol. The SMILES string of the molecule is CSC1CCCC1Nc1cc(Br)ncn1. The molecule has 0 radical (unpaired) electrons. The Hall–Kier alpha value is -0.290. The molecule has 0 saturated heterocycles. The number of anilines is 1. The van der Waals surface area contributed by atoms with Crippen LogP contribution in [0.1, 0.15) is 19.3 Å². The lowest BCUT2D eigenvalue weighted by Gasteiger charge is -2.19. The summed E-state index contributed by atoms with van der Waals surface area (Å²) in [4.78, 5) is 8.22. The third-order valence-corrected chi connectivity index (χ3v) is 4.33. The molecule has 1 aliphatic carbocycles. The van der Waals surface area contributed by atoms with Gasteiger partial charge in [-0.1, -0.05) is 6.42 Å². The summed E-state index contributed by atoms with van der Waals surface area (Å²) in [5.74, 6) is 0.919. The Kier molecular flexibility index (Phi) is 3.86. The van der Waals surface area contributed by atoms with Gasteiger partial charge < -0.3 is 5.32 Å². The molecule has 1 N–H and O–H groups in total. The Labute approximate surface area is 103 Å². The predicted molar refractivity (Wildman–Crippen MR) is 68.3 cm³/mol. The normalized spacial score (nSPS) is 25.5. The quantitative estimate of drug-likeness (QED) is 0.868. The molecule has 0 spiro atoms. The van der Waals surface area contributed by atoms with Crippen molar-refractivity contribution in [2.75, 3.05) is 11.6 Å². The van der Waals surface area contributed by atoms with Crippen molar-refractivity contribution in [1.29, 1.82) is 0 Å². The van der Waals surface area contributed by atoms with E-state index in [2.05, 4.69) is 37.5 Å². The van der Waals surface area contributed by atoms with Crippen molar-refractivity contribution >= 4 is 33.5 Å². The Morgan fingerprint density at radius 2 is 2.33 bits per heavy atom. The number of nitrogens with zero attached hydrogens (tertiary/aromatic N) is 2. The van der Waals surface area contributed by atoms with E-state index in [1.807, 2.05) is 17.8 Å². The molecule has 0 aromatic carbocycles. The van der Waals surface area contributed by atoms with Crippen LogP contribution in [0.5, 0.6) is 0 Å². The van der Waals surface area contributed by atoms with Gasteiger partial charge in [0.1, 0.15) is 16.7 Å². The molecule has 0 bridgehead atoms. The van der Waals surface area contributed by atoms with Crippen LogP contribution in [0.25, 0.3) is 0 Å². The summed E-state index contributed by atoms with van der Waals surface area (Å²) in [6, 6.07) is 2.48. The standard InChI is InChI=1S/C10H14BrN3S/c1-15-8-4-2-3-7(8)14-10-5-9(11)12-6-13-10/h5-8H,2-4H2,1H3,(H,12,13,14). The smallest absolute Gasteiger partial charge is 0.130 e. The van der Waals surface area contributed by atoms with Gasteiger partial charge in [0.15, 0.2) is 0 Å². The second-order valence-electron chi connectivity index (χ2n) is 3.68. The minimum Gasteiger partial charge on any atom is -0.366 e. The highest BCUT2D eigenvalue weighted by atomic mass is 79.9. The number of aromatic nitrogens is 2. The maximum atomic E-state index is 4.21. The van der Waals surface area contributed by atoms with E-state index in [4.69, 9.17) is 0 Å². The van der Waals surface area contributed by atoms with Crippen molar-refractivity contribution in [1.82, 2.24) is 9.97 Å². The second kappa shape index (κ2) is 5.16. The van der Waals surface area contributed by atoms with Crippen molar-refractivity contribution < 1.29 is 0 Å². The largest absolute Gasteiger partial charge is 0.366 e. The van der Waals surface area contributed by atoms with Gasteiger partial charge in [0.2, 0.25) is 0 Å². The Morgan fingerprint density at radius 3 is 3.07 bits per heavy atom. The maximum Gasteiger partial charge on any atom is 0.130 e. The molecule has 1 saturated carbocycles. The van der Waals surface area contributed by atoms with E-state index in [1.165, 1.54) is 19.3 Å². The number of rotatable bonds is 3. The van der Waals surface area contributed by atoms with Crippen LogP contribution in [0.4, 0.5) is 5.82 Å². The lowest BCUT2D eigenvalue weighted by Crippen LogP contribution is -2.26. The van der Waals surface area contributed by atoms with Gasteiger partial charge in [-0.15, -0.1) is 0 Å². The topological polar surface area (TPSA) is 37.8 Å². The first-order valence-corrected chi connectivity index (χ1v) is 7.14. The molecular formula is C10H14BrN3S. The van der Waals surface area contributed by atoms with Crippen molar-refractivity contribution in [2.24, 2.45) is 0 Å². The van der Waals surface area contributed by atoms with Crippen LogP contribution in [0.2, 0.25) is 0 Å². The van der Waals surface area contributed by atoms with Crippen molar-refractivity contribution in [3.63, 3.8) is 0 Å². The average molecular weight is 288 g/mol. The molecule has 82 valence electrons. The first-order chi connectivity index (χ1) is 7.29. The predicted octanol–water partition coefficient (Wildman–Crippen LogP) is 2.94. The number of nitrogens with one attached hydrogen (secondary N) is 1. The molecule has 15 heavy (non-hydrogen) atoms. The van der Waals surface area contributed by atoms with Crippen molar-refractivity contribution in [3.8, 4) is 0 Å². The van der Waals surface area contributed by atoms with Gasteiger partial charge >= 0.3 is 0 Å². The van der Waals surface area contributed by atoms with E-state index in [1.54, 1.807) is 6.33 Å². The van der Waals surface area contributed by atoms with E-state index in [0.717, 1.165) is 15.7 Å². The summed E-state index contributed by atoms with van der Waals surface area (Å²) >= 11 is 5.29. The van der Waals surface area contributed by atoms with Gasteiger partial charge in [-0.05, 0) is 35.0 Å². The van der Waals surface area contributed by atoms with E-state index in [9.17, 15) is 0 Å². The van der Waals surface area contributed by atoms with Crippen LogP contribution < -0.4 is 5.32 Å². The lowest BCUT2D eigenvalue weighted by atomic mass is 10.2.